The minimum atomic E-state index is -0.278. The van der Waals surface area contributed by atoms with Crippen molar-refractivity contribution >= 4 is 28.9 Å². The summed E-state index contributed by atoms with van der Waals surface area (Å²) >= 11 is 6.12. The fourth-order valence-electron chi connectivity index (χ4n) is 2.79. The zero-order valence-corrected chi connectivity index (χ0v) is 17.0. The fourth-order valence-corrected chi connectivity index (χ4v) is 3.02. The highest BCUT2D eigenvalue weighted by Crippen LogP contribution is 2.36. The number of benzene rings is 1. The van der Waals surface area contributed by atoms with Crippen LogP contribution in [0.25, 0.3) is 0 Å². The van der Waals surface area contributed by atoms with Crippen molar-refractivity contribution in [1.29, 1.82) is 0 Å². The molecule has 2 rings (SSSR count). The van der Waals surface area contributed by atoms with E-state index in [1.807, 2.05) is 6.07 Å². The smallest absolute Gasteiger partial charge is 0.257 e. The molecule has 0 aliphatic heterocycles. The van der Waals surface area contributed by atoms with Crippen molar-refractivity contribution in [3.8, 4) is 11.5 Å². The van der Waals surface area contributed by atoms with Crippen LogP contribution < -0.4 is 19.7 Å². The molecule has 0 atom stereocenters. The van der Waals surface area contributed by atoms with E-state index in [4.69, 9.17) is 21.1 Å². The molecule has 6 nitrogen and oxygen atoms in total. The van der Waals surface area contributed by atoms with Crippen molar-refractivity contribution in [2.45, 2.75) is 26.7 Å². The summed E-state index contributed by atoms with van der Waals surface area (Å²) in [6, 6.07) is 5.10. The van der Waals surface area contributed by atoms with Crippen molar-refractivity contribution in [2.24, 2.45) is 0 Å². The van der Waals surface area contributed by atoms with E-state index in [2.05, 4.69) is 29.0 Å². The lowest BCUT2D eigenvalue weighted by atomic mass is 10.2. The van der Waals surface area contributed by atoms with Crippen molar-refractivity contribution in [3.05, 3.63) is 41.2 Å². The molecular weight excluding hydrogens is 366 g/mol. The van der Waals surface area contributed by atoms with Gasteiger partial charge in [-0.05, 0) is 18.9 Å². The summed E-state index contributed by atoms with van der Waals surface area (Å²) in [4.78, 5) is 19.2. The molecular formula is C20H26ClN3O3. The average molecular weight is 392 g/mol. The Labute approximate surface area is 165 Å². The van der Waals surface area contributed by atoms with Crippen LogP contribution in [0.4, 0.5) is 11.4 Å². The van der Waals surface area contributed by atoms with Crippen LogP contribution >= 0.6 is 11.6 Å². The van der Waals surface area contributed by atoms with Gasteiger partial charge in [-0.3, -0.25) is 9.78 Å². The van der Waals surface area contributed by atoms with Gasteiger partial charge in [0.25, 0.3) is 5.91 Å². The first-order valence-corrected chi connectivity index (χ1v) is 9.34. The Morgan fingerprint density at radius 1 is 1.07 bits per heavy atom. The number of nitrogens with zero attached hydrogens (tertiary/aromatic N) is 2. The Bertz CT molecular complexity index is 777. The number of rotatable bonds is 9. The summed E-state index contributed by atoms with van der Waals surface area (Å²) in [6.45, 7) is 6.10. The number of pyridine rings is 1. The second kappa shape index (κ2) is 10.0. The Balaban J connectivity index is 2.27. The molecule has 0 unspecified atom stereocenters. The molecule has 0 aliphatic carbocycles. The fraction of sp³-hybridized carbons (Fsp3) is 0.400. The highest BCUT2D eigenvalue weighted by atomic mass is 35.5. The molecule has 0 saturated carbocycles. The van der Waals surface area contributed by atoms with Gasteiger partial charge in [0.15, 0.2) is 0 Å². The van der Waals surface area contributed by atoms with Crippen LogP contribution in [0.5, 0.6) is 11.5 Å². The first-order chi connectivity index (χ1) is 13.0. The number of aromatic nitrogens is 1. The normalized spacial score (nSPS) is 10.4. The van der Waals surface area contributed by atoms with E-state index in [-0.39, 0.29) is 5.91 Å². The number of halogens is 1. The Morgan fingerprint density at radius 2 is 1.74 bits per heavy atom. The number of methoxy groups -OCH3 is 2. The molecule has 27 heavy (non-hydrogen) atoms. The highest BCUT2D eigenvalue weighted by molar-refractivity contribution is 6.32. The topological polar surface area (TPSA) is 63.7 Å². The van der Waals surface area contributed by atoms with Crippen LogP contribution in [0.1, 0.15) is 37.0 Å². The van der Waals surface area contributed by atoms with Gasteiger partial charge in [0, 0.05) is 31.4 Å². The summed E-state index contributed by atoms with van der Waals surface area (Å²) in [6.07, 6.45) is 5.39. The Kier molecular flexibility index (Phi) is 7.73. The van der Waals surface area contributed by atoms with Crippen molar-refractivity contribution in [2.75, 3.05) is 37.5 Å². The van der Waals surface area contributed by atoms with E-state index in [0.717, 1.165) is 31.6 Å². The Morgan fingerprint density at radius 3 is 2.33 bits per heavy atom. The zero-order valence-electron chi connectivity index (χ0n) is 16.2. The first-order valence-electron chi connectivity index (χ1n) is 8.96. The molecule has 0 spiro atoms. The van der Waals surface area contributed by atoms with Crippen molar-refractivity contribution in [3.63, 3.8) is 0 Å². The lowest BCUT2D eigenvalue weighted by Gasteiger charge is -2.23. The molecule has 1 heterocycles. The molecule has 0 fully saturated rings. The van der Waals surface area contributed by atoms with E-state index in [9.17, 15) is 4.79 Å². The lowest BCUT2D eigenvalue weighted by Crippen LogP contribution is -2.25. The van der Waals surface area contributed by atoms with E-state index < -0.39 is 0 Å². The molecule has 0 aliphatic rings. The summed E-state index contributed by atoms with van der Waals surface area (Å²) in [5, 5.41) is 3.26. The van der Waals surface area contributed by atoms with E-state index in [1.54, 1.807) is 24.5 Å². The molecule has 0 saturated heterocycles. The van der Waals surface area contributed by atoms with E-state index >= 15 is 0 Å². The third-order valence-corrected chi connectivity index (χ3v) is 4.36. The quantitative estimate of drug-likeness (QED) is 0.675. The molecule has 1 amide bonds. The number of ether oxygens (including phenoxy) is 2. The number of amides is 1. The second-order valence-electron chi connectivity index (χ2n) is 6.06. The Hall–Kier alpha value is -2.47. The van der Waals surface area contributed by atoms with Gasteiger partial charge >= 0.3 is 0 Å². The molecule has 0 bridgehead atoms. The van der Waals surface area contributed by atoms with Crippen LogP contribution in [0.2, 0.25) is 5.02 Å². The van der Waals surface area contributed by atoms with Crippen LogP contribution in [-0.4, -0.2) is 38.2 Å². The SMILES string of the molecule is CCCN(CCC)c1cncc(C(=O)Nc2cc(OC)c(Cl)cc2OC)c1. The highest BCUT2D eigenvalue weighted by Gasteiger charge is 2.15. The van der Waals surface area contributed by atoms with Gasteiger partial charge in [0.2, 0.25) is 0 Å². The number of hydrogen-bond donors (Lipinski definition) is 1. The van der Waals surface area contributed by atoms with Crippen molar-refractivity contribution < 1.29 is 14.3 Å². The standard InChI is InChI=1S/C20H26ClN3O3/c1-5-7-24(8-6-2)15-9-14(12-22-13-15)20(25)23-17-11-18(26-3)16(21)10-19(17)27-4/h9-13H,5-8H2,1-4H3,(H,23,25). The van der Waals surface area contributed by atoms with Gasteiger partial charge in [-0.1, -0.05) is 25.4 Å². The maximum absolute atomic E-state index is 12.8. The zero-order chi connectivity index (χ0) is 19.8. The number of nitrogens with one attached hydrogen (secondary N) is 1. The van der Waals surface area contributed by atoms with E-state index in [0.29, 0.717) is 27.8 Å². The van der Waals surface area contributed by atoms with Gasteiger partial charge in [-0.25, -0.2) is 0 Å². The van der Waals surface area contributed by atoms with Crippen LogP contribution in [-0.2, 0) is 0 Å². The second-order valence-corrected chi connectivity index (χ2v) is 6.47. The lowest BCUT2D eigenvalue weighted by molar-refractivity contribution is 0.102. The monoisotopic (exact) mass is 391 g/mol. The average Bonchev–Trinajstić information content (AvgIpc) is 2.68. The number of carbonyl (C=O) groups is 1. The third kappa shape index (κ3) is 5.26. The maximum Gasteiger partial charge on any atom is 0.257 e. The summed E-state index contributed by atoms with van der Waals surface area (Å²) in [5.41, 5.74) is 1.89. The van der Waals surface area contributed by atoms with Crippen LogP contribution in [0, 0.1) is 0 Å². The van der Waals surface area contributed by atoms with Gasteiger partial charge in [-0.2, -0.15) is 0 Å². The molecule has 1 aromatic heterocycles. The minimum Gasteiger partial charge on any atom is -0.495 e. The van der Waals surface area contributed by atoms with Gasteiger partial charge in [0.1, 0.15) is 11.5 Å². The molecule has 1 N–H and O–H groups in total. The number of anilines is 2. The molecule has 1 aromatic carbocycles. The minimum absolute atomic E-state index is 0.278. The maximum atomic E-state index is 12.8. The molecule has 2 aromatic rings. The number of hydrogen-bond acceptors (Lipinski definition) is 5. The van der Waals surface area contributed by atoms with Gasteiger partial charge in [-0.15, -0.1) is 0 Å². The molecule has 0 radical (unpaired) electrons. The molecule has 7 heteroatoms. The van der Waals surface area contributed by atoms with Crippen molar-refractivity contribution in [1.82, 2.24) is 4.98 Å². The largest absolute Gasteiger partial charge is 0.495 e. The third-order valence-electron chi connectivity index (χ3n) is 4.06. The van der Waals surface area contributed by atoms with Crippen LogP contribution in [0.3, 0.4) is 0 Å². The van der Waals surface area contributed by atoms with E-state index in [1.165, 1.54) is 14.2 Å². The summed E-state index contributed by atoms with van der Waals surface area (Å²) in [5.74, 6) is 0.633. The predicted octanol–water partition coefficient (Wildman–Crippen LogP) is 4.63. The molecule has 146 valence electrons. The van der Waals surface area contributed by atoms with Crippen LogP contribution in [0.15, 0.2) is 30.6 Å². The summed E-state index contributed by atoms with van der Waals surface area (Å²) in [7, 11) is 3.03. The predicted molar refractivity (Wildman–Crippen MR) is 110 cm³/mol. The first kappa shape index (κ1) is 20.8. The summed E-state index contributed by atoms with van der Waals surface area (Å²) < 4.78 is 10.5. The van der Waals surface area contributed by atoms with Gasteiger partial charge < -0.3 is 19.7 Å². The number of carbonyl (C=O) groups excluding carboxylic acids is 1. The van der Waals surface area contributed by atoms with Gasteiger partial charge in [0.05, 0.1) is 42.4 Å².